The number of likely N-dealkylation sites (N-methyl/N-ethyl adjacent to an activating group) is 2. The van der Waals surface area contributed by atoms with Gasteiger partial charge in [0.15, 0.2) is 0 Å². The van der Waals surface area contributed by atoms with Crippen molar-refractivity contribution in [3.8, 4) is 0 Å². The maximum Gasteiger partial charge on any atom is 0.416 e. The second-order valence-electron chi connectivity index (χ2n) is 9.41. The lowest BCUT2D eigenvalue weighted by molar-refractivity contribution is -0.137. The van der Waals surface area contributed by atoms with Crippen LogP contribution < -0.4 is 9.91 Å². The Bertz CT molecular complexity index is 1270. The Kier molecular flexibility index (Phi) is 7.93. The lowest BCUT2D eigenvalue weighted by Crippen LogP contribution is -2.45. The highest BCUT2D eigenvalue weighted by atomic mass is 35.5. The van der Waals surface area contributed by atoms with Gasteiger partial charge < -0.3 is 14.7 Å². The Morgan fingerprint density at radius 1 is 1.11 bits per heavy atom. The van der Waals surface area contributed by atoms with E-state index < -0.39 is 29.5 Å². The number of nitrogens with zero attached hydrogens (tertiary/aromatic N) is 6. The van der Waals surface area contributed by atoms with Crippen LogP contribution in [0.1, 0.15) is 24.1 Å². The topological polar surface area (TPSA) is 72.4 Å². The molecule has 38 heavy (non-hydrogen) atoms. The molecule has 0 saturated carbocycles. The predicted molar refractivity (Wildman–Crippen MR) is 136 cm³/mol. The van der Waals surface area contributed by atoms with Crippen molar-refractivity contribution >= 4 is 40.6 Å². The molecule has 4 rings (SSSR count). The molecule has 1 fully saturated rings. The SMILES string of the molecule is Cc1cc(C(F)(F)F)cc(N2N=C(C(=O)N3CCCN(C)CC3)CC2C(=O)N(C)c2ccc(F)c(Cl)c2)n1. The fourth-order valence-corrected chi connectivity index (χ4v) is 4.63. The second-order valence-corrected chi connectivity index (χ2v) is 9.82. The van der Waals surface area contributed by atoms with Gasteiger partial charge in [-0.05, 0) is 57.3 Å². The van der Waals surface area contributed by atoms with Gasteiger partial charge >= 0.3 is 6.18 Å². The number of carbonyl (C=O) groups excluding carboxylic acids is 2. The molecular weight excluding hydrogens is 528 g/mol. The largest absolute Gasteiger partial charge is 0.416 e. The maximum absolute atomic E-state index is 13.7. The summed E-state index contributed by atoms with van der Waals surface area (Å²) in [7, 11) is 3.38. The summed E-state index contributed by atoms with van der Waals surface area (Å²) in [5.74, 6) is -1.83. The lowest BCUT2D eigenvalue weighted by Gasteiger charge is -2.27. The number of hydrogen-bond acceptors (Lipinski definition) is 6. The standard InChI is InChI=1S/C25H27ClF4N6O2/c1-15-11-16(25(28,29)30)12-22(31-15)36-21(24(38)34(3)17-5-6-19(27)18(26)13-17)14-20(32-36)23(37)35-8-4-7-33(2)9-10-35/h5-6,11-13,21H,4,7-10,14H2,1-3H3. The van der Waals surface area contributed by atoms with Crippen LogP contribution >= 0.6 is 11.6 Å². The van der Waals surface area contributed by atoms with E-state index in [0.29, 0.717) is 19.6 Å². The molecule has 0 bridgehead atoms. The highest BCUT2D eigenvalue weighted by molar-refractivity contribution is 6.40. The first-order chi connectivity index (χ1) is 17.8. The Morgan fingerprint density at radius 2 is 1.84 bits per heavy atom. The summed E-state index contributed by atoms with van der Waals surface area (Å²) in [6, 6.07) is 4.26. The van der Waals surface area contributed by atoms with Gasteiger partial charge in [0.25, 0.3) is 11.8 Å². The Hall–Kier alpha value is -3.25. The van der Waals surface area contributed by atoms with E-state index >= 15 is 0 Å². The van der Waals surface area contributed by atoms with Crippen LogP contribution in [-0.4, -0.2) is 78.6 Å². The van der Waals surface area contributed by atoms with Crippen LogP contribution in [0.25, 0.3) is 0 Å². The minimum atomic E-state index is -4.65. The molecule has 13 heteroatoms. The summed E-state index contributed by atoms with van der Waals surface area (Å²) in [4.78, 5) is 36.1. The normalized spacial score (nSPS) is 18.8. The molecule has 1 saturated heterocycles. The summed E-state index contributed by atoms with van der Waals surface area (Å²) < 4.78 is 54.4. The smallest absolute Gasteiger partial charge is 0.336 e. The molecule has 2 amide bonds. The molecule has 0 aliphatic carbocycles. The molecule has 2 aliphatic heterocycles. The molecule has 0 spiro atoms. The van der Waals surface area contributed by atoms with Gasteiger partial charge in [-0.3, -0.25) is 9.59 Å². The van der Waals surface area contributed by atoms with E-state index in [-0.39, 0.29) is 40.3 Å². The number of aryl methyl sites for hydroxylation is 1. The highest BCUT2D eigenvalue weighted by Crippen LogP contribution is 2.34. The number of carbonyl (C=O) groups is 2. The van der Waals surface area contributed by atoms with Crippen molar-refractivity contribution in [2.75, 3.05) is 50.2 Å². The number of rotatable bonds is 4. The van der Waals surface area contributed by atoms with E-state index in [9.17, 15) is 27.2 Å². The van der Waals surface area contributed by atoms with E-state index in [4.69, 9.17) is 11.6 Å². The molecule has 8 nitrogen and oxygen atoms in total. The molecule has 1 aromatic carbocycles. The van der Waals surface area contributed by atoms with Gasteiger partial charge in [0, 0.05) is 44.5 Å². The van der Waals surface area contributed by atoms with E-state index in [1.54, 1.807) is 4.90 Å². The number of hydrazone groups is 1. The summed E-state index contributed by atoms with van der Waals surface area (Å²) in [6.45, 7) is 3.84. The van der Waals surface area contributed by atoms with Crippen molar-refractivity contribution in [1.82, 2.24) is 14.8 Å². The van der Waals surface area contributed by atoms with E-state index in [2.05, 4.69) is 15.0 Å². The van der Waals surface area contributed by atoms with Crippen LogP contribution in [0.15, 0.2) is 35.4 Å². The van der Waals surface area contributed by atoms with Crippen LogP contribution in [0.4, 0.5) is 29.1 Å². The average Bonchev–Trinajstić information content (AvgIpc) is 3.19. The van der Waals surface area contributed by atoms with Gasteiger partial charge in [-0.25, -0.2) is 14.4 Å². The molecule has 2 aliphatic rings. The van der Waals surface area contributed by atoms with Gasteiger partial charge in [0.05, 0.1) is 10.6 Å². The van der Waals surface area contributed by atoms with Crippen molar-refractivity contribution in [2.24, 2.45) is 5.10 Å². The number of anilines is 2. The van der Waals surface area contributed by atoms with E-state index in [1.165, 1.54) is 31.0 Å². The molecule has 0 radical (unpaired) electrons. The van der Waals surface area contributed by atoms with E-state index in [1.807, 2.05) is 7.05 Å². The number of alkyl halides is 3. The molecular formula is C25H27ClF4N6O2. The molecule has 0 N–H and O–H groups in total. The molecule has 1 aromatic heterocycles. The summed E-state index contributed by atoms with van der Waals surface area (Å²) in [6.07, 6.45) is -4.03. The zero-order valence-corrected chi connectivity index (χ0v) is 21.9. The third-order valence-electron chi connectivity index (χ3n) is 6.57. The van der Waals surface area contributed by atoms with Crippen molar-refractivity contribution < 1.29 is 27.2 Å². The quantitative estimate of drug-likeness (QED) is 0.535. The van der Waals surface area contributed by atoms with Crippen molar-refractivity contribution in [3.63, 3.8) is 0 Å². The zero-order valence-electron chi connectivity index (χ0n) is 21.1. The Labute approximate surface area is 222 Å². The van der Waals surface area contributed by atoms with Crippen LogP contribution in [0.3, 0.4) is 0 Å². The number of benzene rings is 1. The van der Waals surface area contributed by atoms with Crippen LogP contribution in [0, 0.1) is 12.7 Å². The third kappa shape index (κ3) is 5.91. The molecule has 1 unspecified atom stereocenters. The minimum absolute atomic E-state index is 0.0512. The van der Waals surface area contributed by atoms with Crippen LogP contribution in [0.5, 0.6) is 0 Å². The van der Waals surface area contributed by atoms with Gasteiger partial charge in [-0.2, -0.15) is 18.3 Å². The third-order valence-corrected chi connectivity index (χ3v) is 6.86. The average molecular weight is 555 g/mol. The van der Waals surface area contributed by atoms with Crippen molar-refractivity contribution in [1.29, 1.82) is 0 Å². The molecule has 204 valence electrons. The fourth-order valence-electron chi connectivity index (χ4n) is 4.45. The summed E-state index contributed by atoms with van der Waals surface area (Å²) >= 11 is 5.88. The summed E-state index contributed by atoms with van der Waals surface area (Å²) in [5.41, 5.74) is -0.555. The number of amides is 2. The predicted octanol–water partition coefficient (Wildman–Crippen LogP) is 3.96. The molecule has 2 aromatic rings. The second kappa shape index (κ2) is 10.9. The van der Waals surface area contributed by atoms with Crippen LogP contribution in [0.2, 0.25) is 5.02 Å². The lowest BCUT2D eigenvalue weighted by atomic mass is 10.1. The maximum atomic E-state index is 13.7. The zero-order chi connectivity index (χ0) is 27.8. The minimum Gasteiger partial charge on any atom is -0.336 e. The van der Waals surface area contributed by atoms with Crippen molar-refractivity contribution in [2.45, 2.75) is 32.0 Å². The van der Waals surface area contributed by atoms with Gasteiger partial charge in [0.1, 0.15) is 23.4 Å². The monoisotopic (exact) mass is 554 g/mol. The number of hydrogen-bond donors (Lipinski definition) is 0. The Morgan fingerprint density at radius 3 is 2.53 bits per heavy atom. The first-order valence-electron chi connectivity index (χ1n) is 12.0. The highest BCUT2D eigenvalue weighted by Gasteiger charge is 2.41. The number of pyridine rings is 1. The first kappa shape index (κ1) is 27.8. The van der Waals surface area contributed by atoms with Gasteiger partial charge in [-0.1, -0.05) is 11.6 Å². The van der Waals surface area contributed by atoms with Gasteiger partial charge in [-0.15, -0.1) is 0 Å². The summed E-state index contributed by atoms with van der Waals surface area (Å²) in [5, 5.41) is 5.22. The number of halogens is 5. The van der Waals surface area contributed by atoms with Crippen molar-refractivity contribution in [3.05, 3.63) is 52.4 Å². The molecule has 1 atom stereocenters. The van der Waals surface area contributed by atoms with Crippen LogP contribution in [-0.2, 0) is 15.8 Å². The fraction of sp³-hybridized carbons (Fsp3) is 0.440. The van der Waals surface area contributed by atoms with Gasteiger partial charge in [0.2, 0.25) is 0 Å². The number of aromatic nitrogens is 1. The molecule has 3 heterocycles. The first-order valence-corrected chi connectivity index (χ1v) is 12.4. The van der Waals surface area contributed by atoms with E-state index in [0.717, 1.165) is 36.2 Å². The Balaban J connectivity index is 1.70.